The normalized spacial score (nSPS) is 20.0. The van der Waals surface area contributed by atoms with Gasteiger partial charge in [-0.25, -0.2) is 9.18 Å². The van der Waals surface area contributed by atoms with Crippen LogP contribution in [0.25, 0.3) is 0 Å². The standard InChI is InChI=1S/C30H40FN5O6/c1-20-17-36(21(2)19-37)29(39)25-16-24(32-28(38)10-11-35-12-14-41-15-13-35)8-9-26(25)42-27(20)18-34(3)30(40)33-23-6-4-22(31)5-7-23/h4-9,16,20-21,27,37H,10-15,17-19H2,1-3H3,(H,32,38)(H,33,40)/t20-,21+,27+/m0/s1. The summed E-state index contributed by atoms with van der Waals surface area (Å²) in [4.78, 5) is 44.5. The van der Waals surface area contributed by atoms with E-state index in [-0.39, 0.29) is 43.0 Å². The fraction of sp³-hybridized carbons (Fsp3) is 0.500. The van der Waals surface area contributed by atoms with Gasteiger partial charge in [-0.2, -0.15) is 0 Å². The van der Waals surface area contributed by atoms with Crippen LogP contribution in [0.2, 0.25) is 0 Å². The molecule has 1 saturated heterocycles. The molecule has 0 bridgehead atoms. The van der Waals surface area contributed by atoms with Crippen molar-refractivity contribution < 1.29 is 33.4 Å². The van der Waals surface area contributed by atoms with Crippen LogP contribution in [0.3, 0.4) is 0 Å². The molecule has 12 heteroatoms. The Morgan fingerprint density at radius 1 is 1.12 bits per heavy atom. The average molecular weight is 586 g/mol. The molecule has 3 N–H and O–H groups in total. The summed E-state index contributed by atoms with van der Waals surface area (Å²) < 4.78 is 24.9. The SMILES string of the molecule is C[C@H](CO)N1C[C@H](C)[C@@H](CN(C)C(=O)Nc2ccc(F)cc2)Oc2ccc(NC(=O)CCN3CCOCC3)cc2C1=O. The molecule has 2 aromatic rings. The number of nitrogens with one attached hydrogen (secondary N) is 2. The molecule has 0 unspecified atom stereocenters. The lowest BCUT2D eigenvalue weighted by atomic mass is 9.99. The molecule has 4 amide bonds. The predicted molar refractivity (Wildman–Crippen MR) is 156 cm³/mol. The van der Waals surface area contributed by atoms with Gasteiger partial charge in [-0.05, 0) is 49.4 Å². The summed E-state index contributed by atoms with van der Waals surface area (Å²) in [7, 11) is 1.63. The van der Waals surface area contributed by atoms with Crippen molar-refractivity contribution in [1.82, 2.24) is 14.7 Å². The van der Waals surface area contributed by atoms with Gasteiger partial charge in [-0.1, -0.05) is 6.92 Å². The van der Waals surface area contributed by atoms with E-state index >= 15 is 0 Å². The van der Waals surface area contributed by atoms with E-state index in [1.54, 1.807) is 37.1 Å². The summed E-state index contributed by atoms with van der Waals surface area (Å²) >= 11 is 0. The van der Waals surface area contributed by atoms with Crippen LogP contribution in [0.5, 0.6) is 5.75 Å². The number of hydrogen-bond acceptors (Lipinski definition) is 7. The second-order valence-electron chi connectivity index (χ2n) is 10.9. The molecule has 2 aliphatic heterocycles. The number of aliphatic hydroxyl groups is 1. The maximum Gasteiger partial charge on any atom is 0.321 e. The fourth-order valence-electron chi connectivity index (χ4n) is 4.93. The van der Waals surface area contributed by atoms with Crippen LogP contribution in [0.4, 0.5) is 20.6 Å². The number of hydrogen-bond donors (Lipinski definition) is 3. The highest BCUT2D eigenvalue weighted by molar-refractivity contribution is 6.00. The highest BCUT2D eigenvalue weighted by Gasteiger charge is 2.34. The lowest BCUT2D eigenvalue weighted by molar-refractivity contribution is -0.116. The van der Waals surface area contributed by atoms with E-state index < -0.39 is 24.0 Å². The third-order valence-corrected chi connectivity index (χ3v) is 7.60. The highest BCUT2D eigenvalue weighted by atomic mass is 19.1. The molecule has 11 nitrogen and oxygen atoms in total. The van der Waals surface area contributed by atoms with Crippen LogP contribution in [0, 0.1) is 11.7 Å². The summed E-state index contributed by atoms with van der Waals surface area (Å²) in [6.45, 7) is 7.47. The van der Waals surface area contributed by atoms with Gasteiger partial charge in [0, 0.05) is 56.9 Å². The lowest BCUT2D eigenvalue weighted by Crippen LogP contribution is -2.50. The number of morpholine rings is 1. The molecule has 2 aliphatic rings. The Morgan fingerprint density at radius 3 is 2.50 bits per heavy atom. The minimum atomic E-state index is -0.497. The number of carbonyl (C=O) groups excluding carboxylic acids is 3. The van der Waals surface area contributed by atoms with Gasteiger partial charge in [-0.15, -0.1) is 0 Å². The quantitative estimate of drug-likeness (QED) is 0.414. The Hall–Kier alpha value is -3.74. The van der Waals surface area contributed by atoms with E-state index in [0.29, 0.717) is 43.3 Å². The van der Waals surface area contributed by atoms with Gasteiger partial charge in [-0.3, -0.25) is 14.5 Å². The largest absolute Gasteiger partial charge is 0.487 e. The van der Waals surface area contributed by atoms with E-state index in [1.807, 2.05) is 6.92 Å². The van der Waals surface area contributed by atoms with Crippen molar-refractivity contribution in [1.29, 1.82) is 0 Å². The molecular formula is C30H40FN5O6. The Bertz CT molecular complexity index is 1240. The number of anilines is 2. The average Bonchev–Trinajstić information content (AvgIpc) is 2.99. The van der Waals surface area contributed by atoms with E-state index in [1.165, 1.54) is 29.2 Å². The number of amides is 4. The monoisotopic (exact) mass is 585 g/mol. The summed E-state index contributed by atoms with van der Waals surface area (Å²) in [6, 6.07) is 9.56. The second kappa shape index (κ2) is 14.4. The first-order valence-corrected chi connectivity index (χ1v) is 14.2. The van der Waals surface area contributed by atoms with Crippen LogP contribution >= 0.6 is 0 Å². The zero-order valence-corrected chi connectivity index (χ0v) is 24.3. The van der Waals surface area contributed by atoms with Crippen molar-refractivity contribution in [3.05, 3.63) is 53.8 Å². The first-order valence-electron chi connectivity index (χ1n) is 14.2. The Labute approximate surface area is 245 Å². The molecule has 2 heterocycles. The number of fused-ring (bicyclic) bond motifs is 1. The molecule has 228 valence electrons. The van der Waals surface area contributed by atoms with E-state index in [2.05, 4.69) is 15.5 Å². The third-order valence-electron chi connectivity index (χ3n) is 7.60. The van der Waals surface area contributed by atoms with Crippen molar-refractivity contribution in [2.45, 2.75) is 32.4 Å². The number of rotatable bonds is 9. The maximum atomic E-state index is 13.7. The number of halogens is 1. The number of aliphatic hydroxyl groups excluding tert-OH is 1. The minimum Gasteiger partial charge on any atom is -0.487 e. The van der Waals surface area contributed by atoms with Crippen molar-refractivity contribution >= 4 is 29.2 Å². The molecule has 0 spiro atoms. The van der Waals surface area contributed by atoms with Crippen molar-refractivity contribution in [3.8, 4) is 5.75 Å². The number of ether oxygens (including phenoxy) is 2. The molecular weight excluding hydrogens is 545 g/mol. The van der Waals surface area contributed by atoms with E-state index in [0.717, 1.165) is 13.1 Å². The molecule has 0 saturated carbocycles. The number of likely N-dealkylation sites (N-methyl/N-ethyl adjacent to an activating group) is 1. The molecule has 0 aromatic heterocycles. The van der Waals surface area contributed by atoms with Crippen molar-refractivity contribution in [3.63, 3.8) is 0 Å². The fourth-order valence-corrected chi connectivity index (χ4v) is 4.93. The predicted octanol–water partition coefficient (Wildman–Crippen LogP) is 2.87. The highest BCUT2D eigenvalue weighted by Crippen LogP contribution is 2.31. The Kier molecular flexibility index (Phi) is 10.7. The van der Waals surface area contributed by atoms with Crippen LogP contribution in [-0.2, 0) is 9.53 Å². The Balaban J connectivity index is 1.49. The smallest absolute Gasteiger partial charge is 0.321 e. The Morgan fingerprint density at radius 2 is 1.81 bits per heavy atom. The number of benzene rings is 2. The molecule has 0 aliphatic carbocycles. The molecule has 3 atom stereocenters. The van der Waals surface area contributed by atoms with Gasteiger partial charge >= 0.3 is 6.03 Å². The zero-order valence-electron chi connectivity index (χ0n) is 24.3. The first kappa shape index (κ1) is 31.2. The number of carbonyl (C=O) groups is 3. The van der Waals surface area contributed by atoms with Crippen LogP contribution in [-0.4, -0.2) is 109 Å². The summed E-state index contributed by atoms with van der Waals surface area (Å²) in [5.41, 5.74) is 1.19. The molecule has 2 aromatic carbocycles. The summed E-state index contributed by atoms with van der Waals surface area (Å²) in [5, 5.41) is 15.5. The van der Waals surface area contributed by atoms with Gasteiger partial charge in [0.05, 0.1) is 38.0 Å². The van der Waals surface area contributed by atoms with Crippen molar-refractivity contribution in [2.24, 2.45) is 5.92 Å². The topological polar surface area (TPSA) is 124 Å². The van der Waals surface area contributed by atoms with Gasteiger partial charge < -0.3 is 35.0 Å². The van der Waals surface area contributed by atoms with E-state index in [4.69, 9.17) is 9.47 Å². The van der Waals surface area contributed by atoms with Crippen LogP contribution in [0.15, 0.2) is 42.5 Å². The van der Waals surface area contributed by atoms with Gasteiger partial charge in [0.25, 0.3) is 5.91 Å². The van der Waals surface area contributed by atoms with Gasteiger partial charge in [0.2, 0.25) is 5.91 Å². The molecule has 1 fully saturated rings. The molecule has 0 radical (unpaired) electrons. The maximum absolute atomic E-state index is 13.7. The number of nitrogens with zero attached hydrogens (tertiary/aromatic N) is 3. The van der Waals surface area contributed by atoms with E-state index in [9.17, 15) is 23.9 Å². The summed E-state index contributed by atoms with van der Waals surface area (Å²) in [6.07, 6.45) is -0.190. The third kappa shape index (κ3) is 8.17. The van der Waals surface area contributed by atoms with Crippen LogP contribution < -0.4 is 15.4 Å². The second-order valence-corrected chi connectivity index (χ2v) is 10.9. The van der Waals surface area contributed by atoms with Crippen LogP contribution in [0.1, 0.15) is 30.6 Å². The minimum absolute atomic E-state index is 0.165. The van der Waals surface area contributed by atoms with Gasteiger partial charge in [0.1, 0.15) is 17.7 Å². The molecule has 42 heavy (non-hydrogen) atoms. The first-order chi connectivity index (χ1) is 20.1. The number of urea groups is 1. The van der Waals surface area contributed by atoms with Crippen molar-refractivity contribution in [2.75, 3.05) is 70.2 Å². The molecule has 4 rings (SSSR count). The van der Waals surface area contributed by atoms with Gasteiger partial charge in [0.15, 0.2) is 0 Å². The zero-order chi connectivity index (χ0) is 30.2. The summed E-state index contributed by atoms with van der Waals surface area (Å²) in [5.74, 6) is -0.754. The lowest BCUT2D eigenvalue weighted by Gasteiger charge is -2.38.